The summed E-state index contributed by atoms with van der Waals surface area (Å²) in [6, 6.07) is 16.3. The van der Waals surface area contributed by atoms with E-state index < -0.39 is 61.2 Å². The van der Waals surface area contributed by atoms with Crippen LogP contribution in [0, 0.1) is 6.92 Å². The van der Waals surface area contributed by atoms with Crippen molar-refractivity contribution in [3.8, 4) is 0 Å². The van der Waals surface area contributed by atoms with Gasteiger partial charge in [-0.1, -0.05) is 48.5 Å². The van der Waals surface area contributed by atoms with Gasteiger partial charge in [-0.25, -0.2) is 14.7 Å². The molecular weight excluding hydrogens is 613 g/mol. The molecule has 13 heteroatoms. The lowest BCUT2D eigenvalue weighted by molar-refractivity contribution is -0.308. The Hall–Kier alpha value is -4.59. The Bertz CT molecular complexity index is 1570. The van der Waals surface area contributed by atoms with Crippen molar-refractivity contribution >= 4 is 34.7 Å². The lowest BCUT2D eigenvalue weighted by Gasteiger charge is -2.41. The van der Waals surface area contributed by atoms with Gasteiger partial charge in [0, 0.05) is 50.0 Å². The Labute approximate surface area is 271 Å². The van der Waals surface area contributed by atoms with Gasteiger partial charge in [-0.05, 0) is 49.1 Å². The molecule has 5 atom stereocenters. The molecule has 4 rings (SSSR count). The largest absolute Gasteiger partial charge is 0.463 e. The molecule has 2 aromatic carbocycles. The number of allylic oxidation sites excluding steroid dienone is 1. The van der Waals surface area contributed by atoms with Crippen LogP contribution in [0.4, 0.5) is 4.39 Å². The molecular formula is C34H40FN3O9. The highest BCUT2D eigenvalue weighted by Gasteiger charge is 2.52. The molecule has 1 aliphatic rings. The molecule has 1 fully saturated rings. The van der Waals surface area contributed by atoms with Crippen molar-refractivity contribution in [2.24, 2.45) is 0 Å². The standard InChI is InChI=1S/C34H40FN3O9/c1-20-26(27-9-5-6-10-28(27)37-20)16-17-36-18-25-14-12-24(13-15-25)8-7-11-30(42)38-47-34-33(45-23(4)41)32(44-22(3)40)31(35)29(46-34)19-43-21(2)39/h5-7,9-15,29,31-34,36-37H,8,16-19H2,1-4H3,(H,38,42)/b11-7+/t29?,31-,32-,33+,34-/m0/s1. The number of fused-ring (bicyclic) bond motifs is 1. The summed E-state index contributed by atoms with van der Waals surface area (Å²) >= 11 is 0. The predicted molar refractivity (Wildman–Crippen MR) is 168 cm³/mol. The molecule has 47 heavy (non-hydrogen) atoms. The van der Waals surface area contributed by atoms with Crippen LogP contribution in [-0.4, -0.2) is 72.7 Å². The minimum Gasteiger partial charge on any atom is -0.463 e. The second kappa shape index (κ2) is 16.8. The van der Waals surface area contributed by atoms with Crippen molar-refractivity contribution in [1.82, 2.24) is 15.8 Å². The third-order valence-corrected chi connectivity index (χ3v) is 7.45. The number of aryl methyl sites for hydroxylation is 1. The second-order valence-electron chi connectivity index (χ2n) is 11.1. The molecule has 0 saturated carbocycles. The number of para-hydroxylation sites is 1. The van der Waals surface area contributed by atoms with E-state index in [9.17, 15) is 19.2 Å². The molecule has 1 saturated heterocycles. The van der Waals surface area contributed by atoms with E-state index in [0.717, 1.165) is 56.9 Å². The van der Waals surface area contributed by atoms with Crippen molar-refractivity contribution in [3.05, 3.63) is 83.1 Å². The Kier molecular flexibility index (Phi) is 12.6. The van der Waals surface area contributed by atoms with E-state index >= 15 is 4.39 Å². The Morgan fingerprint density at radius 1 is 0.936 bits per heavy atom. The van der Waals surface area contributed by atoms with E-state index in [1.807, 2.05) is 30.3 Å². The van der Waals surface area contributed by atoms with Gasteiger partial charge in [0.2, 0.25) is 6.29 Å². The van der Waals surface area contributed by atoms with E-state index in [4.69, 9.17) is 23.8 Å². The molecule has 0 radical (unpaired) electrons. The van der Waals surface area contributed by atoms with Crippen LogP contribution >= 0.6 is 0 Å². The smallest absolute Gasteiger partial charge is 0.303 e. The number of amides is 1. The number of nitrogens with one attached hydrogen (secondary N) is 3. The number of H-pyrrole nitrogens is 1. The third-order valence-electron chi connectivity index (χ3n) is 7.45. The van der Waals surface area contributed by atoms with Crippen molar-refractivity contribution in [3.63, 3.8) is 0 Å². The van der Waals surface area contributed by atoms with Gasteiger partial charge in [-0.15, -0.1) is 0 Å². The Morgan fingerprint density at radius 3 is 2.32 bits per heavy atom. The number of hydroxylamine groups is 1. The van der Waals surface area contributed by atoms with Crippen LogP contribution in [0.1, 0.15) is 43.2 Å². The van der Waals surface area contributed by atoms with E-state index in [1.165, 1.54) is 22.7 Å². The molecule has 1 aromatic heterocycles. The summed E-state index contributed by atoms with van der Waals surface area (Å²) in [6.07, 6.45) is -4.02. The topological polar surface area (TPSA) is 154 Å². The highest BCUT2D eigenvalue weighted by molar-refractivity contribution is 5.86. The van der Waals surface area contributed by atoms with Crippen molar-refractivity contribution in [2.45, 2.75) is 77.9 Å². The van der Waals surface area contributed by atoms with Crippen LogP contribution < -0.4 is 10.8 Å². The van der Waals surface area contributed by atoms with E-state index in [-0.39, 0.29) is 0 Å². The van der Waals surface area contributed by atoms with Gasteiger partial charge in [-0.2, -0.15) is 0 Å². The lowest BCUT2D eigenvalue weighted by atomic mass is 10.00. The normalized spacial score (nSPS) is 21.0. The third kappa shape index (κ3) is 10.2. The Balaban J connectivity index is 1.25. The zero-order chi connectivity index (χ0) is 33.9. The first-order chi connectivity index (χ1) is 22.5. The molecule has 1 unspecified atom stereocenters. The molecule has 0 bridgehead atoms. The molecule has 0 spiro atoms. The predicted octanol–water partition coefficient (Wildman–Crippen LogP) is 3.44. The van der Waals surface area contributed by atoms with Crippen LogP contribution in [0.5, 0.6) is 0 Å². The quantitative estimate of drug-likeness (QED) is 0.0775. The van der Waals surface area contributed by atoms with Gasteiger partial charge < -0.3 is 29.2 Å². The van der Waals surface area contributed by atoms with Crippen molar-refractivity contribution in [1.29, 1.82) is 0 Å². The zero-order valence-corrected chi connectivity index (χ0v) is 26.7. The first-order valence-corrected chi connectivity index (χ1v) is 15.3. The van der Waals surface area contributed by atoms with E-state index in [2.05, 4.69) is 40.9 Å². The van der Waals surface area contributed by atoms with Gasteiger partial charge in [0.15, 0.2) is 18.4 Å². The highest BCUT2D eigenvalue weighted by atomic mass is 19.1. The molecule has 12 nitrogen and oxygen atoms in total. The summed E-state index contributed by atoms with van der Waals surface area (Å²) in [6.45, 7) is 6.37. The van der Waals surface area contributed by atoms with Crippen LogP contribution in [-0.2, 0) is 62.3 Å². The summed E-state index contributed by atoms with van der Waals surface area (Å²) in [5, 5.41) is 4.75. The van der Waals surface area contributed by atoms with Gasteiger partial charge in [0.05, 0.1) is 0 Å². The van der Waals surface area contributed by atoms with Crippen molar-refractivity contribution in [2.75, 3.05) is 13.2 Å². The fraction of sp³-hybridized carbons (Fsp3) is 0.412. The average molecular weight is 654 g/mol. The summed E-state index contributed by atoms with van der Waals surface area (Å²) in [5.41, 5.74) is 7.92. The van der Waals surface area contributed by atoms with E-state index in [1.54, 1.807) is 6.08 Å². The molecule has 2 heterocycles. The maximum absolute atomic E-state index is 15.2. The molecule has 0 aliphatic carbocycles. The number of esters is 3. The molecule has 3 aromatic rings. The lowest BCUT2D eigenvalue weighted by Crippen LogP contribution is -2.61. The van der Waals surface area contributed by atoms with Crippen LogP contribution in [0.25, 0.3) is 10.9 Å². The number of halogens is 1. The summed E-state index contributed by atoms with van der Waals surface area (Å²) in [7, 11) is 0. The number of carbonyl (C=O) groups excluding carboxylic acids is 4. The average Bonchev–Trinajstić information content (AvgIpc) is 3.35. The molecule has 1 amide bonds. The minimum absolute atomic E-state index is 0.458. The number of aromatic nitrogens is 1. The van der Waals surface area contributed by atoms with Gasteiger partial charge in [-0.3, -0.25) is 19.2 Å². The highest BCUT2D eigenvalue weighted by Crippen LogP contribution is 2.29. The molecule has 3 N–H and O–H groups in total. The second-order valence-corrected chi connectivity index (χ2v) is 11.1. The summed E-state index contributed by atoms with van der Waals surface area (Å²) in [5.74, 6) is -3.05. The SMILES string of the molecule is CC(=O)OCC1O[C@@H](ONC(=O)/C=C/Cc2ccc(CNCCc3c(C)[nH]c4ccccc34)cc2)[C@H](OC(C)=O)[C@@H](OC(C)=O)[C@H]1F. The summed E-state index contributed by atoms with van der Waals surface area (Å²) in [4.78, 5) is 55.9. The number of benzene rings is 2. The van der Waals surface area contributed by atoms with Crippen LogP contribution in [0.2, 0.25) is 0 Å². The number of aromatic amines is 1. The minimum atomic E-state index is -2.03. The fourth-order valence-corrected chi connectivity index (χ4v) is 5.28. The number of alkyl halides is 1. The Morgan fingerprint density at radius 2 is 1.62 bits per heavy atom. The maximum atomic E-state index is 15.2. The molecule has 1 aliphatic heterocycles. The monoisotopic (exact) mass is 653 g/mol. The van der Waals surface area contributed by atoms with Gasteiger partial charge >= 0.3 is 17.9 Å². The number of carbonyl (C=O) groups is 4. The number of rotatable bonds is 14. The van der Waals surface area contributed by atoms with Gasteiger partial charge in [0.1, 0.15) is 12.7 Å². The van der Waals surface area contributed by atoms with Crippen LogP contribution in [0.3, 0.4) is 0 Å². The van der Waals surface area contributed by atoms with E-state index in [0.29, 0.717) is 6.42 Å². The van der Waals surface area contributed by atoms with Gasteiger partial charge in [0.25, 0.3) is 5.91 Å². The summed E-state index contributed by atoms with van der Waals surface area (Å²) < 4.78 is 35.7. The number of ether oxygens (including phenoxy) is 4. The first-order valence-electron chi connectivity index (χ1n) is 15.3. The molecule has 252 valence electrons. The van der Waals surface area contributed by atoms with Crippen LogP contribution in [0.15, 0.2) is 60.7 Å². The number of hydrogen-bond donors (Lipinski definition) is 3. The maximum Gasteiger partial charge on any atom is 0.303 e. The fourth-order valence-electron chi connectivity index (χ4n) is 5.28. The number of hydrogen-bond acceptors (Lipinski definition) is 10. The van der Waals surface area contributed by atoms with Crippen molar-refractivity contribution < 1.29 is 47.4 Å². The first kappa shape index (κ1) is 35.3. The zero-order valence-electron chi connectivity index (χ0n) is 26.7.